The minimum Gasteiger partial charge on any atom is -0.368 e. The summed E-state index contributed by atoms with van der Waals surface area (Å²) >= 11 is 0. The van der Waals surface area contributed by atoms with Crippen molar-refractivity contribution < 1.29 is 0 Å². The van der Waals surface area contributed by atoms with Gasteiger partial charge in [-0.05, 0) is 6.92 Å². The molecule has 0 amide bonds. The van der Waals surface area contributed by atoms with Crippen molar-refractivity contribution in [1.82, 2.24) is 9.66 Å². The van der Waals surface area contributed by atoms with Gasteiger partial charge in [0, 0.05) is 12.4 Å². The smallest absolute Gasteiger partial charge is 0.221 e. The second-order valence-corrected chi connectivity index (χ2v) is 1.50. The third kappa shape index (κ3) is 1.07. The fourth-order valence-electron chi connectivity index (χ4n) is 0.530. The molecule has 9 heavy (non-hydrogen) atoms. The van der Waals surface area contributed by atoms with Crippen molar-refractivity contribution in [3.8, 4) is 0 Å². The van der Waals surface area contributed by atoms with Crippen LogP contribution in [-0.2, 0) is 0 Å². The van der Waals surface area contributed by atoms with Crippen molar-refractivity contribution in [2.75, 3.05) is 5.73 Å². The van der Waals surface area contributed by atoms with Crippen molar-refractivity contribution in [2.45, 2.75) is 6.92 Å². The molecule has 48 valence electrons. The number of nitrogens with two attached hydrogens (primary N) is 1. The van der Waals surface area contributed by atoms with Crippen LogP contribution in [0.5, 0.6) is 0 Å². The van der Waals surface area contributed by atoms with Crippen molar-refractivity contribution >= 4 is 12.2 Å². The van der Waals surface area contributed by atoms with Gasteiger partial charge in [0.15, 0.2) is 0 Å². The lowest BCUT2D eigenvalue weighted by Gasteiger charge is -1.90. The van der Waals surface area contributed by atoms with E-state index in [2.05, 4.69) is 10.1 Å². The van der Waals surface area contributed by atoms with Crippen molar-refractivity contribution in [2.24, 2.45) is 5.10 Å². The zero-order chi connectivity index (χ0) is 6.69. The maximum atomic E-state index is 5.36. The molecule has 4 nitrogen and oxygen atoms in total. The predicted molar refractivity (Wildman–Crippen MR) is 36.2 cm³/mol. The third-order valence-corrected chi connectivity index (χ3v) is 0.889. The molecule has 0 radical (unpaired) electrons. The molecular weight excluding hydrogens is 116 g/mol. The lowest BCUT2D eigenvalue weighted by molar-refractivity contribution is 0.896. The Balaban J connectivity index is 2.94. The van der Waals surface area contributed by atoms with E-state index < -0.39 is 0 Å². The van der Waals surface area contributed by atoms with Crippen LogP contribution < -0.4 is 5.73 Å². The molecule has 0 aliphatic heterocycles. The molecule has 4 heteroatoms. The topological polar surface area (TPSA) is 56.2 Å². The molecule has 0 spiro atoms. The van der Waals surface area contributed by atoms with Crippen LogP contribution >= 0.6 is 0 Å². The Morgan fingerprint density at radius 2 is 2.67 bits per heavy atom. The van der Waals surface area contributed by atoms with E-state index in [-0.39, 0.29) is 0 Å². The monoisotopic (exact) mass is 124 g/mol. The maximum absolute atomic E-state index is 5.36. The van der Waals surface area contributed by atoms with Gasteiger partial charge in [0.2, 0.25) is 5.95 Å². The van der Waals surface area contributed by atoms with Crippen LogP contribution in [0.25, 0.3) is 0 Å². The van der Waals surface area contributed by atoms with Gasteiger partial charge >= 0.3 is 0 Å². The van der Waals surface area contributed by atoms with Crippen LogP contribution in [0.4, 0.5) is 5.95 Å². The van der Waals surface area contributed by atoms with E-state index in [1.54, 1.807) is 18.6 Å². The first-order valence-corrected chi connectivity index (χ1v) is 2.62. The summed E-state index contributed by atoms with van der Waals surface area (Å²) in [4.78, 5) is 3.76. The minimum absolute atomic E-state index is 0.410. The van der Waals surface area contributed by atoms with Gasteiger partial charge < -0.3 is 5.73 Å². The molecule has 0 saturated heterocycles. The Kier molecular flexibility index (Phi) is 1.48. The van der Waals surface area contributed by atoms with Crippen LogP contribution in [0.3, 0.4) is 0 Å². The number of rotatable bonds is 1. The average Bonchev–Trinajstić information content (AvgIpc) is 2.18. The largest absolute Gasteiger partial charge is 0.368 e. The van der Waals surface area contributed by atoms with E-state index in [0.717, 1.165) is 0 Å². The number of anilines is 1. The van der Waals surface area contributed by atoms with E-state index in [0.29, 0.717) is 5.95 Å². The molecule has 0 atom stereocenters. The molecule has 0 unspecified atom stereocenters. The van der Waals surface area contributed by atoms with Crippen LogP contribution in [0, 0.1) is 0 Å². The number of nitrogen functional groups attached to an aromatic ring is 1. The van der Waals surface area contributed by atoms with Gasteiger partial charge in [0.1, 0.15) is 0 Å². The summed E-state index contributed by atoms with van der Waals surface area (Å²) in [5.74, 6) is 0.410. The van der Waals surface area contributed by atoms with Crippen LogP contribution in [0.2, 0.25) is 0 Å². The van der Waals surface area contributed by atoms with E-state index in [4.69, 9.17) is 5.73 Å². The molecule has 1 heterocycles. The second-order valence-electron chi connectivity index (χ2n) is 1.50. The van der Waals surface area contributed by atoms with E-state index in [9.17, 15) is 0 Å². The Morgan fingerprint density at radius 3 is 3.11 bits per heavy atom. The highest BCUT2D eigenvalue weighted by atomic mass is 15.4. The zero-order valence-electron chi connectivity index (χ0n) is 5.15. The van der Waals surface area contributed by atoms with Gasteiger partial charge in [0.25, 0.3) is 0 Å². The number of aromatic nitrogens is 2. The van der Waals surface area contributed by atoms with Gasteiger partial charge in [0.05, 0.1) is 6.20 Å². The number of imidazole rings is 1. The van der Waals surface area contributed by atoms with Crippen molar-refractivity contribution in [1.29, 1.82) is 0 Å². The average molecular weight is 124 g/mol. The van der Waals surface area contributed by atoms with E-state index in [1.807, 2.05) is 6.92 Å². The fourth-order valence-corrected chi connectivity index (χ4v) is 0.530. The standard InChI is InChI=1S/C5H8N4/c1-2-8-9-4-3-7-5(9)6/h2-4H,1H3,(H2,6,7)/b8-2+. The van der Waals surface area contributed by atoms with Gasteiger partial charge in [-0.2, -0.15) is 5.10 Å². The molecule has 0 aliphatic rings. The summed E-state index contributed by atoms with van der Waals surface area (Å²) in [5, 5.41) is 3.87. The van der Waals surface area contributed by atoms with Crippen molar-refractivity contribution in [3.63, 3.8) is 0 Å². The molecule has 0 fully saturated rings. The molecule has 0 saturated carbocycles. The highest BCUT2D eigenvalue weighted by Crippen LogP contribution is 1.95. The molecule has 0 aromatic carbocycles. The number of hydrogen-bond acceptors (Lipinski definition) is 3. The maximum Gasteiger partial charge on any atom is 0.221 e. The van der Waals surface area contributed by atoms with Gasteiger partial charge in [-0.1, -0.05) is 0 Å². The first-order chi connectivity index (χ1) is 4.34. The quantitative estimate of drug-likeness (QED) is 0.548. The highest BCUT2D eigenvalue weighted by Gasteiger charge is 1.89. The summed E-state index contributed by atoms with van der Waals surface area (Å²) in [6.07, 6.45) is 4.94. The summed E-state index contributed by atoms with van der Waals surface area (Å²) in [6.45, 7) is 1.82. The first-order valence-electron chi connectivity index (χ1n) is 2.62. The second kappa shape index (κ2) is 2.30. The SMILES string of the molecule is C/C=N/n1ccnc1N. The Labute approximate surface area is 53.0 Å². The highest BCUT2D eigenvalue weighted by molar-refractivity contribution is 5.53. The summed E-state index contributed by atoms with van der Waals surface area (Å²) in [7, 11) is 0. The van der Waals surface area contributed by atoms with Crippen LogP contribution in [0.15, 0.2) is 17.5 Å². The lowest BCUT2D eigenvalue weighted by Crippen LogP contribution is -1.95. The third-order valence-electron chi connectivity index (χ3n) is 0.889. The molecular formula is C5H8N4. The Morgan fingerprint density at radius 1 is 1.89 bits per heavy atom. The Hall–Kier alpha value is -1.32. The summed E-state index contributed by atoms with van der Waals surface area (Å²) in [5.41, 5.74) is 5.36. The first kappa shape index (κ1) is 5.81. The number of hydrogen-bond donors (Lipinski definition) is 1. The molecule has 1 aromatic rings. The van der Waals surface area contributed by atoms with Gasteiger partial charge in [-0.25, -0.2) is 9.66 Å². The van der Waals surface area contributed by atoms with E-state index in [1.165, 1.54) is 4.68 Å². The van der Waals surface area contributed by atoms with Crippen LogP contribution in [0.1, 0.15) is 6.92 Å². The molecule has 2 N–H and O–H groups in total. The van der Waals surface area contributed by atoms with Gasteiger partial charge in [-0.3, -0.25) is 0 Å². The normalized spacial score (nSPS) is 10.8. The molecule has 0 aliphatic carbocycles. The summed E-state index contributed by atoms with van der Waals surface area (Å²) < 4.78 is 1.50. The van der Waals surface area contributed by atoms with E-state index >= 15 is 0 Å². The molecule has 1 aromatic heterocycles. The minimum atomic E-state index is 0.410. The molecule has 0 bridgehead atoms. The lowest BCUT2D eigenvalue weighted by atomic mass is 10.9. The zero-order valence-corrected chi connectivity index (χ0v) is 5.15. The number of nitrogens with zero attached hydrogens (tertiary/aromatic N) is 3. The van der Waals surface area contributed by atoms with Crippen molar-refractivity contribution in [3.05, 3.63) is 12.4 Å². The predicted octanol–water partition coefficient (Wildman–Crippen LogP) is 0.319. The fraction of sp³-hybridized carbons (Fsp3) is 0.200. The summed E-state index contributed by atoms with van der Waals surface area (Å²) in [6, 6.07) is 0. The van der Waals surface area contributed by atoms with Crippen LogP contribution in [-0.4, -0.2) is 15.9 Å². The Bertz CT molecular complexity index is 212. The van der Waals surface area contributed by atoms with Gasteiger partial charge in [-0.15, -0.1) is 0 Å². The molecule has 1 rings (SSSR count).